The van der Waals surface area contributed by atoms with E-state index < -0.39 is 8.07 Å². The molecule has 184 valence electrons. The zero-order valence-electron chi connectivity index (χ0n) is 22.2. The van der Waals surface area contributed by atoms with Crippen molar-refractivity contribution in [3.8, 4) is 33.4 Å². The molecule has 0 saturated carbocycles. The van der Waals surface area contributed by atoms with E-state index in [1.165, 1.54) is 65.7 Å². The zero-order chi connectivity index (χ0) is 26.1. The fraction of sp³-hybridized carbons (Fsp3) is 0.0526. The summed E-state index contributed by atoms with van der Waals surface area (Å²) in [7, 11) is -1.87. The standard InChI is InChI=1S/C38H28Si/c1-39(2)36-22-11-10-17-29(36)32-20-12-21-33(38(32)39)35-24-26-23-34(25-13-4-3-5-14-25)27-15-6-8-18-30(27)37(26)31-19-9-7-16-28(31)35/h3-24H,1-2H3. The normalized spacial score (nSPS) is 13.6. The molecule has 0 nitrogen and oxygen atoms in total. The van der Waals surface area contributed by atoms with Gasteiger partial charge in [-0.1, -0.05) is 134 Å². The van der Waals surface area contributed by atoms with Gasteiger partial charge in [-0.15, -0.1) is 0 Å². The smallest absolute Gasteiger partial charge is 0.0623 e. The largest absolute Gasteiger partial charge is 0.114 e. The Labute approximate surface area is 230 Å². The number of rotatable bonds is 2. The molecule has 0 unspecified atom stereocenters. The van der Waals surface area contributed by atoms with Crippen molar-refractivity contribution in [2.75, 3.05) is 0 Å². The van der Waals surface area contributed by atoms with E-state index >= 15 is 0 Å². The minimum atomic E-state index is -1.87. The van der Waals surface area contributed by atoms with Gasteiger partial charge in [-0.25, -0.2) is 0 Å². The molecule has 0 atom stereocenters. The van der Waals surface area contributed by atoms with E-state index in [4.69, 9.17) is 0 Å². The van der Waals surface area contributed by atoms with Crippen molar-refractivity contribution in [1.82, 2.24) is 0 Å². The Bertz CT molecular complexity index is 2080. The Morgan fingerprint density at radius 2 is 0.923 bits per heavy atom. The molecular formula is C38H28Si. The number of hydrogen-bond donors (Lipinski definition) is 0. The fourth-order valence-corrected chi connectivity index (χ4v) is 10.6. The molecular weight excluding hydrogens is 485 g/mol. The molecule has 1 aliphatic heterocycles. The number of hydrogen-bond acceptors (Lipinski definition) is 0. The van der Waals surface area contributed by atoms with Crippen LogP contribution in [0.25, 0.3) is 65.7 Å². The third-order valence-corrected chi connectivity index (χ3v) is 12.4. The van der Waals surface area contributed by atoms with Crippen molar-refractivity contribution in [3.05, 3.63) is 133 Å². The van der Waals surface area contributed by atoms with E-state index in [0.29, 0.717) is 0 Å². The van der Waals surface area contributed by atoms with E-state index in [9.17, 15) is 0 Å². The molecule has 0 aromatic heterocycles. The van der Waals surface area contributed by atoms with Crippen LogP contribution in [0.5, 0.6) is 0 Å². The van der Waals surface area contributed by atoms with Crippen molar-refractivity contribution in [2.45, 2.75) is 13.1 Å². The van der Waals surface area contributed by atoms with Crippen molar-refractivity contribution in [3.63, 3.8) is 0 Å². The van der Waals surface area contributed by atoms with Gasteiger partial charge in [0.05, 0.1) is 0 Å². The Morgan fingerprint density at radius 1 is 0.410 bits per heavy atom. The van der Waals surface area contributed by atoms with E-state index in [-0.39, 0.29) is 0 Å². The number of benzene rings is 7. The monoisotopic (exact) mass is 512 g/mol. The lowest BCUT2D eigenvalue weighted by atomic mass is 9.87. The average Bonchev–Trinajstić information content (AvgIpc) is 3.23. The minimum absolute atomic E-state index is 1.26. The lowest BCUT2D eigenvalue weighted by Crippen LogP contribution is -2.50. The SMILES string of the molecule is C[Si]1(C)c2ccccc2-c2cccc(-c3cc4cc(-c5ccccc5)c5ccccc5c4c4ccccc34)c21. The maximum Gasteiger partial charge on any atom is 0.114 e. The van der Waals surface area contributed by atoms with Crippen LogP contribution in [0.2, 0.25) is 13.1 Å². The highest BCUT2D eigenvalue weighted by molar-refractivity contribution is 7.04. The minimum Gasteiger partial charge on any atom is -0.0623 e. The van der Waals surface area contributed by atoms with Gasteiger partial charge in [0.1, 0.15) is 8.07 Å². The molecule has 1 aliphatic rings. The predicted octanol–water partition coefficient (Wildman–Crippen LogP) is 9.28. The van der Waals surface area contributed by atoms with Gasteiger partial charge in [-0.05, 0) is 88.2 Å². The average molecular weight is 513 g/mol. The molecule has 0 fully saturated rings. The lowest BCUT2D eigenvalue weighted by Gasteiger charge is -2.23. The van der Waals surface area contributed by atoms with E-state index in [1.807, 2.05) is 0 Å². The molecule has 39 heavy (non-hydrogen) atoms. The molecule has 0 saturated heterocycles. The fourth-order valence-electron chi connectivity index (χ4n) is 7.13. The molecule has 7 aromatic rings. The molecule has 8 rings (SSSR count). The molecule has 7 aromatic carbocycles. The molecule has 0 aliphatic carbocycles. The molecule has 0 spiro atoms. The summed E-state index contributed by atoms with van der Waals surface area (Å²) in [5.74, 6) is 0. The maximum atomic E-state index is 2.52. The van der Waals surface area contributed by atoms with Crippen LogP contribution in [-0.2, 0) is 0 Å². The summed E-state index contributed by atoms with van der Waals surface area (Å²) in [6.07, 6.45) is 0. The zero-order valence-corrected chi connectivity index (χ0v) is 23.2. The first kappa shape index (κ1) is 22.5. The summed E-state index contributed by atoms with van der Waals surface area (Å²) < 4.78 is 0. The molecule has 0 radical (unpaired) electrons. The molecule has 0 N–H and O–H groups in total. The third kappa shape index (κ3) is 3.17. The predicted molar refractivity (Wildman–Crippen MR) is 172 cm³/mol. The van der Waals surface area contributed by atoms with E-state index in [2.05, 4.69) is 147 Å². The topological polar surface area (TPSA) is 0 Å². The van der Waals surface area contributed by atoms with Gasteiger partial charge in [-0.2, -0.15) is 0 Å². The Kier molecular flexibility index (Phi) is 4.77. The van der Waals surface area contributed by atoms with Crippen LogP contribution in [0.4, 0.5) is 0 Å². The Balaban J connectivity index is 1.51. The molecule has 0 amide bonds. The second kappa shape index (κ2) is 8.27. The summed E-state index contributed by atoms with van der Waals surface area (Å²) in [5, 5.41) is 11.0. The first-order chi connectivity index (χ1) is 19.1. The first-order valence-corrected chi connectivity index (χ1v) is 16.8. The summed E-state index contributed by atoms with van der Waals surface area (Å²) in [6, 6.07) is 49.7. The van der Waals surface area contributed by atoms with Crippen LogP contribution in [0.15, 0.2) is 133 Å². The highest BCUT2D eigenvalue weighted by atomic mass is 28.3. The summed E-state index contributed by atoms with van der Waals surface area (Å²) in [5.41, 5.74) is 8.14. The Hall–Kier alpha value is -4.46. The van der Waals surface area contributed by atoms with Crippen molar-refractivity contribution >= 4 is 50.8 Å². The van der Waals surface area contributed by atoms with Gasteiger partial charge in [0.15, 0.2) is 0 Å². The van der Waals surface area contributed by atoms with Crippen LogP contribution in [0, 0.1) is 0 Å². The van der Waals surface area contributed by atoms with Gasteiger partial charge >= 0.3 is 0 Å². The van der Waals surface area contributed by atoms with Crippen molar-refractivity contribution < 1.29 is 0 Å². The van der Waals surface area contributed by atoms with Gasteiger partial charge < -0.3 is 0 Å². The third-order valence-electron chi connectivity index (χ3n) is 8.82. The summed E-state index contributed by atoms with van der Waals surface area (Å²) in [4.78, 5) is 0. The molecule has 0 bridgehead atoms. The van der Waals surface area contributed by atoms with Crippen molar-refractivity contribution in [2.24, 2.45) is 0 Å². The van der Waals surface area contributed by atoms with Gasteiger partial charge in [0.2, 0.25) is 0 Å². The van der Waals surface area contributed by atoms with Crippen LogP contribution < -0.4 is 10.4 Å². The summed E-state index contributed by atoms with van der Waals surface area (Å²) >= 11 is 0. The van der Waals surface area contributed by atoms with E-state index in [1.54, 1.807) is 10.4 Å². The number of fused-ring (bicyclic) bond motifs is 8. The van der Waals surface area contributed by atoms with Crippen LogP contribution >= 0.6 is 0 Å². The molecule has 1 heterocycles. The van der Waals surface area contributed by atoms with Crippen LogP contribution in [0.1, 0.15) is 0 Å². The second-order valence-electron chi connectivity index (χ2n) is 11.3. The van der Waals surface area contributed by atoms with Crippen molar-refractivity contribution in [1.29, 1.82) is 0 Å². The lowest BCUT2D eigenvalue weighted by molar-refractivity contribution is 1.66. The van der Waals surface area contributed by atoms with Crippen LogP contribution in [-0.4, -0.2) is 8.07 Å². The quantitative estimate of drug-likeness (QED) is 0.160. The summed E-state index contributed by atoms with van der Waals surface area (Å²) in [6.45, 7) is 5.04. The first-order valence-electron chi connectivity index (χ1n) is 13.8. The highest BCUT2D eigenvalue weighted by Crippen LogP contribution is 2.43. The maximum absolute atomic E-state index is 2.52. The van der Waals surface area contributed by atoms with Crippen LogP contribution in [0.3, 0.4) is 0 Å². The Morgan fingerprint density at radius 3 is 1.64 bits per heavy atom. The second-order valence-corrected chi connectivity index (χ2v) is 15.6. The van der Waals surface area contributed by atoms with Gasteiger partial charge in [-0.3, -0.25) is 0 Å². The van der Waals surface area contributed by atoms with E-state index in [0.717, 1.165) is 0 Å². The molecule has 1 heteroatoms. The highest BCUT2D eigenvalue weighted by Gasteiger charge is 2.39. The van der Waals surface area contributed by atoms with Gasteiger partial charge in [0.25, 0.3) is 0 Å². The van der Waals surface area contributed by atoms with Gasteiger partial charge in [0, 0.05) is 0 Å².